The highest BCUT2D eigenvalue weighted by Gasteiger charge is 2.23. The van der Waals surface area contributed by atoms with Gasteiger partial charge in [-0.15, -0.1) is 0 Å². The normalized spacial score (nSPS) is 11.9. The first-order chi connectivity index (χ1) is 16.1. The third kappa shape index (κ3) is 5.46. The van der Waals surface area contributed by atoms with Gasteiger partial charge in [0.05, 0.1) is 22.0 Å². The number of ketones is 1. The van der Waals surface area contributed by atoms with E-state index in [9.17, 15) is 21.6 Å². The first-order valence-corrected chi connectivity index (χ1v) is 13.4. The van der Waals surface area contributed by atoms with Gasteiger partial charge in [0, 0.05) is 31.9 Å². The smallest absolute Gasteiger partial charge is 0.264 e. The SMILES string of the molecule is CCN(c1ccccc1)S(=O)(=O)c1ccc(NCC(=O)c2cccc(S(=O)(=O)N(C)C)c2)cc1. The zero-order valence-corrected chi connectivity index (χ0v) is 20.8. The Morgan fingerprint density at radius 2 is 1.44 bits per heavy atom. The molecule has 1 N–H and O–H groups in total. The second kappa shape index (κ2) is 10.4. The van der Waals surface area contributed by atoms with Crippen LogP contribution in [0.3, 0.4) is 0 Å². The third-order valence-electron chi connectivity index (χ3n) is 5.16. The molecular formula is C24H27N3O5S2. The maximum atomic E-state index is 13.1. The summed E-state index contributed by atoms with van der Waals surface area (Å²) in [5.74, 6) is -0.297. The molecule has 0 amide bonds. The van der Waals surface area contributed by atoms with E-state index in [0.717, 1.165) is 4.31 Å². The van der Waals surface area contributed by atoms with E-state index < -0.39 is 20.0 Å². The van der Waals surface area contributed by atoms with Crippen molar-refractivity contribution in [2.45, 2.75) is 16.7 Å². The predicted octanol–water partition coefficient (Wildman–Crippen LogP) is 3.45. The van der Waals surface area contributed by atoms with Gasteiger partial charge in [-0.3, -0.25) is 9.10 Å². The number of hydrogen-bond donors (Lipinski definition) is 1. The molecule has 0 atom stereocenters. The highest BCUT2D eigenvalue weighted by atomic mass is 32.2. The fourth-order valence-electron chi connectivity index (χ4n) is 3.28. The summed E-state index contributed by atoms with van der Waals surface area (Å²) in [6.07, 6.45) is 0. The van der Waals surface area contributed by atoms with Crippen molar-refractivity contribution in [3.63, 3.8) is 0 Å². The standard InChI is InChI=1S/C24H27N3O5S2/c1-4-27(21-10-6-5-7-11-21)34(31,32)22-15-13-20(14-16-22)25-18-24(28)19-9-8-12-23(17-19)33(29,30)26(2)3/h5-17,25H,4,18H2,1-3H3. The molecule has 0 radical (unpaired) electrons. The maximum Gasteiger partial charge on any atom is 0.264 e. The second-order valence-corrected chi connectivity index (χ2v) is 11.6. The first-order valence-electron chi connectivity index (χ1n) is 10.5. The minimum absolute atomic E-state index is 0.0387. The maximum absolute atomic E-state index is 13.1. The van der Waals surface area contributed by atoms with E-state index in [-0.39, 0.29) is 34.2 Å². The molecule has 0 spiro atoms. The number of Topliss-reactive ketones (excluding diaryl/α,β-unsaturated/α-hetero) is 1. The molecule has 3 rings (SSSR count). The summed E-state index contributed by atoms with van der Waals surface area (Å²) in [6, 6.07) is 20.9. The second-order valence-electron chi connectivity index (χ2n) is 7.62. The summed E-state index contributed by atoms with van der Waals surface area (Å²) < 4.78 is 53.2. The van der Waals surface area contributed by atoms with E-state index in [4.69, 9.17) is 0 Å². The van der Waals surface area contributed by atoms with Gasteiger partial charge in [-0.2, -0.15) is 0 Å². The quantitative estimate of drug-likeness (QED) is 0.427. The number of nitrogens with one attached hydrogen (secondary N) is 1. The molecule has 0 aliphatic carbocycles. The minimum Gasteiger partial charge on any atom is -0.378 e. The van der Waals surface area contributed by atoms with Crippen molar-refractivity contribution in [3.8, 4) is 0 Å². The van der Waals surface area contributed by atoms with Crippen LogP contribution in [0, 0.1) is 0 Å². The van der Waals surface area contributed by atoms with Gasteiger partial charge >= 0.3 is 0 Å². The Morgan fingerprint density at radius 1 is 0.794 bits per heavy atom. The Bertz CT molecular complexity index is 1360. The van der Waals surface area contributed by atoms with Gasteiger partial charge in [0.25, 0.3) is 10.0 Å². The molecule has 8 nitrogen and oxygen atoms in total. The number of carbonyl (C=O) groups is 1. The van der Waals surface area contributed by atoms with E-state index in [0.29, 0.717) is 11.4 Å². The molecule has 0 saturated carbocycles. The molecule has 0 aliphatic rings. The Morgan fingerprint density at radius 3 is 2.03 bits per heavy atom. The molecule has 0 fully saturated rings. The summed E-state index contributed by atoms with van der Waals surface area (Å²) in [5.41, 5.74) is 1.40. The summed E-state index contributed by atoms with van der Waals surface area (Å²) in [6.45, 7) is 1.97. The lowest BCUT2D eigenvalue weighted by molar-refractivity contribution is 0.101. The highest BCUT2D eigenvalue weighted by Crippen LogP contribution is 2.24. The van der Waals surface area contributed by atoms with Crippen molar-refractivity contribution in [3.05, 3.63) is 84.4 Å². The van der Waals surface area contributed by atoms with Crippen LogP contribution in [0.4, 0.5) is 11.4 Å². The Kier molecular flexibility index (Phi) is 7.75. The lowest BCUT2D eigenvalue weighted by Gasteiger charge is -2.23. The van der Waals surface area contributed by atoms with Crippen molar-refractivity contribution in [1.82, 2.24) is 4.31 Å². The average molecular weight is 502 g/mol. The summed E-state index contributed by atoms with van der Waals surface area (Å²) in [7, 11) is -4.54. The lowest BCUT2D eigenvalue weighted by Crippen LogP contribution is -2.30. The van der Waals surface area contributed by atoms with Gasteiger partial charge in [0.2, 0.25) is 10.0 Å². The molecular weight excluding hydrogens is 474 g/mol. The Labute approximate surface area is 200 Å². The number of para-hydroxylation sites is 1. The van der Waals surface area contributed by atoms with Crippen molar-refractivity contribution >= 4 is 37.2 Å². The topological polar surface area (TPSA) is 104 Å². The van der Waals surface area contributed by atoms with Crippen LogP contribution in [0.2, 0.25) is 0 Å². The van der Waals surface area contributed by atoms with Crippen LogP contribution < -0.4 is 9.62 Å². The van der Waals surface area contributed by atoms with E-state index in [2.05, 4.69) is 5.32 Å². The molecule has 3 aromatic rings. The van der Waals surface area contributed by atoms with Crippen LogP contribution in [-0.2, 0) is 20.0 Å². The molecule has 34 heavy (non-hydrogen) atoms. The molecule has 0 saturated heterocycles. The number of rotatable bonds is 10. The summed E-state index contributed by atoms with van der Waals surface area (Å²) in [5, 5.41) is 2.96. The van der Waals surface area contributed by atoms with Crippen molar-refractivity contribution in [2.75, 3.05) is 36.8 Å². The van der Waals surface area contributed by atoms with Crippen LogP contribution in [0.25, 0.3) is 0 Å². The molecule has 10 heteroatoms. The van der Waals surface area contributed by atoms with Gasteiger partial charge in [-0.25, -0.2) is 21.1 Å². The number of anilines is 2. The molecule has 0 aliphatic heterocycles. The van der Waals surface area contributed by atoms with Gasteiger partial charge in [0.15, 0.2) is 5.78 Å². The number of carbonyl (C=O) groups excluding carboxylic acids is 1. The van der Waals surface area contributed by atoms with Crippen LogP contribution >= 0.6 is 0 Å². The van der Waals surface area contributed by atoms with Crippen LogP contribution in [0.1, 0.15) is 17.3 Å². The largest absolute Gasteiger partial charge is 0.378 e. The lowest BCUT2D eigenvalue weighted by atomic mass is 10.1. The molecule has 0 bridgehead atoms. The van der Waals surface area contributed by atoms with E-state index >= 15 is 0 Å². The van der Waals surface area contributed by atoms with Gasteiger partial charge in [-0.1, -0.05) is 30.3 Å². The fourth-order valence-corrected chi connectivity index (χ4v) is 5.70. The molecule has 0 unspecified atom stereocenters. The minimum atomic E-state index is -3.74. The van der Waals surface area contributed by atoms with Crippen LogP contribution in [-0.4, -0.2) is 54.1 Å². The van der Waals surface area contributed by atoms with Crippen LogP contribution in [0.5, 0.6) is 0 Å². The highest BCUT2D eigenvalue weighted by molar-refractivity contribution is 7.92. The number of sulfonamides is 2. The van der Waals surface area contributed by atoms with Gasteiger partial charge in [-0.05, 0) is 55.5 Å². The van der Waals surface area contributed by atoms with Gasteiger partial charge < -0.3 is 5.32 Å². The number of benzene rings is 3. The van der Waals surface area contributed by atoms with Crippen molar-refractivity contribution in [2.24, 2.45) is 0 Å². The van der Waals surface area contributed by atoms with E-state index in [1.165, 1.54) is 48.7 Å². The van der Waals surface area contributed by atoms with Crippen molar-refractivity contribution < 1.29 is 21.6 Å². The number of nitrogens with zero attached hydrogens (tertiary/aromatic N) is 2. The predicted molar refractivity (Wildman–Crippen MR) is 133 cm³/mol. The number of hydrogen-bond acceptors (Lipinski definition) is 6. The molecule has 3 aromatic carbocycles. The first kappa shape index (κ1) is 25.4. The zero-order chi connectivity index (χ0) is 24.9. The molecule has 0 aromatic heterocycles. The molecule has 0 heterocycles. The fraction of sp³-hybridized carbons (Fsp3) is 0.208. The van der Waals surface area contributed by atoms with Gasteiger partial charge in [0.1, 0.15) is 0 Å². The van der Waals surface area contributed by atoms with Crippen LogP contribution in [0.15, 0.2) is 88.7 Å². The Balaban J connectivity index is 1.72. The van der Waals surface area contributed by atoms with Crippen molar-refractivity contribution in [1.29, 1.82) is 0 Å². The Hall–Kier alpha value is -3.21. The average Bonchev–Trinajstić information content (AvgIpc) is 2.83. The monoisotopic (exact) mass is 501 g/mol. The summed E-state index contributed by atoms with van der Waals surface area (Å²) in [4.78, 5) is 12.8. The van der Waals surface area contributed by atoms with E-state index in [1.54, 1.807) is 49.4 Å². The molecule has 180 valence electrons. The third-order valence-corrected chi connectivity index (χ3v) is 8.89. The van der Waals surface area contributed by atoms with E-state index in [1.807, 2.05) is 6.07 Å². The zero-order valence-electron chi connectivity index (χ0n) is 19.2. The summed E-state index contributed by atoms with van der Waals surface area (Å²) >= 11 is 0.